The Kier molecular flexibility index (Phi) is 10.7. The Morgan fingerprint density at radius 2 is 1.77 bits per heavy atom. The second kappa shape index (κ2) is 14.9. The molecule has 2 aromatic heterocycles. The molecule has 0 fully saturated rings. The number of esters is 1. The molecular formula is C32H32N6O5S. The number of hydrogen-bond acceptors (Lipinski definition) is 8. The van der Waals surface area contributed by atoms with Gasteiger partial charge in [0.1, 0.15) is 5.69 Å². The summed E-state index contributed by atoms with van der Waals surface area (Å²) in [5.41, 5.74) is 2.99. The van der Waals surface area contributed by atoms with Crippen molar-refractivity contribution in [2.75, 3.05) is 31.3 Å². The molecule has 2 N–H and O–H groups in total. The highest BCUT2D eigenvalue weighted by Gasteiger charge is 2.17. The number of aromatic nitrogens is 3. The monoisotopic (exact) mass is 612 g/mol. The van der Waals surface area contributed by atoms with Crippen molar-refractivity contribution in [3.05, 3.63) is 107 Å². The SMILES string of the molecule is COC(=O)CNCCC[S@@](=O)(=NC(=O)c1cncc(C#Cc2cccc(NC(=O)c3cc(C)nn3C)c2)c1)c1ccccc1. The molecule has 0 bridgehead atoms. The van der Waals surface area contributed by atoms with Crippen LogP contribution in [-0.4, -0.2) is 62.7 Å². The Bertz CT molecular complexity index is 1850. The van der Waals surface area contributed by atoms with E-state index in [-0.39, 0.29) is 23.8 Å². The number of nitrogens with one attached hydrogen (secondary N) is 2. The predicted molar refractivity (Wildman–Crippen MR) is 167 cm³/mol. The summed E-state index contributed by atoms with van der Waals surface area (Å²) >= 11 is 0. The van der Waals surface area contributed by atoms with Crippen LogP contribution in [0.15, 0.2) is 88.4 Å². The topological polar surface area (TPSA) is 145 Å². The van der Waals surface area contributed by atoms with E-state index in [1.807, 2.05) is 6.92 Å². The van der Waals surface area contributed by atoms with Crippen LogP contribution in [-0.2, 0) is 26.3 Å². The largest absolute Gasteiger partial charge is 0.468 e. The van der Waals surface area contributed by atoms with Gasteiger partial charge in [-0.25, -0.2) is 4.21 Å². The lowest BCUT2D eigenvalue weighted by Gasteiger charge is -2.11. The zero-order valence-corrected chi connectivity index (χ0v) is 25.4. The van der Waals surface area contributed by atoms with E-state index in [4.69, 9.17) is 0 Å². The third-order valence-electron chi connectivity index (χ3n) is 6.30. The molecule has 12 heteroatoms. The Morgan fingerprint density at radius 1 is 1.00 bits per heavy atom. The Labute approximate surface area is 256 Å². The van der Waals surface area contributed by atoms with E-state index in [0.717, 1.165) is 5.69 Å². The average molecular weight is 613 g/mol. The van der Waals surface area contributed by atoms with E-state index in [0.29, 0.717) is 40.4 Å². The van der Waals surface area contributed by atoms with Crippen LogP contribution in [0.4, 0.5) is 5.69 Å². The molecule has 0 aliphatic carbocycles. The number of aryl methyl sites for hydroxylation is 2. The van der Waals surface area contributed by atoms with Gasteiger partial charge >= 0.3 is 5.97 Å². The highest BCUT2D eigenvalue weighted by molar-refractivity contribution is 7.94. The highest BCUT2D eigenvalue weighted by Crippen LogP contribution is 2.17. The van der Waals surface area contributed by atoms with Crippen molar-refractivity contribution < 1.29 is 23.3 Å². The quantitative estimate of drug-likeness (QED) is 0.157. The number of rotatable bonds is 10. The summed E-state index contributed by atoms with van der Waals surface area (Å²) in [5.74, 6) is 4.75. The summed E-state index contributed by atoms with van der Waals surface area (Å²) in [6.45, 7) is 2.24. The third-order valence-corrected chi connectivity index (χ3v) is 8.62. The van der Waals surface area contributed by atoms with Gasteiger partial charge in [0.05, 0.1) is 34.6 Å². The van der Waals surface area contributed by atoms with Crippen molar-refractivity contribution in [3.63, 3.8) is 0 Å². The van der Waals surface area contributed by atoms with Gasteiger partial charge < -0.3 is 15.4 Å². The van der Waals surface area contributed by atoms with Crippen molar-refractivity contribution >= 4 is 33.2 Å². The smallest absolute Gasteiger partial charge is 0.319 e. The first kappa shape index (κ1) is 31.8. The van der Waals surface area contributed by atoms with E-state index in [1.165, 1.54) is 24.2 Å². The maximum absolute atomic E-state index is 13.9. The molecule has 2 amide bonds. The van der Waals surface area contributed by atoms with Gasteiger partial charge in [-0.15, -0.1) is 0 Å². The molecule has 0 unspecified atom stereocenters. The molecule has 0 spiro atoms. The molecule has 0 aliphatic heterocycles. The van der Waals surface area contributed by atoms with E-state index < -0.39 is 21.6 Å². The predicted octanol–water partition coefficient (Wildman–Crippen LogP) is 3.60. The second-order valence-electron chi connectivity index (χ2n) is 9.70. The molecule has 0 saturated carbocycles. The lowest BCUT2D eigenvalue weighted by atomic mass is 10.1. The van der Waals surface area contributed by atoms with Crippen molar-refractivity contribution in [2.24, 2.45) is 11.4 Å². The third kappa shape index (κ3) is 8.70. The number of pyridine rings is 1. The van der Waals surface area contributed by atoms with Crippen molar-refractivity contribution in [1.29, 1.82) is 0 Å². The number of carbonyl (C=O) groups is 3. The lowest BCUT2D eigenvalue weighted by Crippen LogP contribution is -2.26. The van der Waals surface area contributed by atoms with Crippen molar-refractivity contribution in [1.82, 2.24) is 20.1 Å². The molecule has 2 heterocycles. The zero-order valence-electron chi connectivity index (χ0n) is 24.6. The van der Waals surface area contributed by atoms with Crippen LogP contribution in [0.2, 0.25) is 0 Å². The number of anilines is 1. The molecule has 0 saturated heterocycles. The summed E-state index contributed by atoms with van der Waals surface area (Å²) in [5, 5.41) is 9.98. The number of amides is 2. The summed E-state index contributed by atoms with van der Waals surface area (Å²) in [6.07, 6.45) is 3.28. The lowest BCUT2D eigenvalue weighted by molar-refractivity contribution is -0.139. The fourth-order valence-electron chi connectivity index (χ4n) is 4.15. The molecule has 0 radical (unpaired) electrons. The van der Waals surface area contributed by atoms with Crippen molar-refractivity contribution in [2.45, 2.75) is 18.2 Å². The second-order valence-corrected chi connectivity index (χ2v) is 12.0. The molecule has 0 aliphatic rings. The fourth-order valence-corrected chi connectivity index (χ4v) is 6.08. The van der Waals surface area contributed by atoms with Gasteiger partial charge in [-0.2, -0.15) is 9.46 Å². The van der Waals surface area contributed by atoms with Gasteiger partial charge in [0.15, 0.2) is 0 Å². The first-order chi connectivity index (χ1) is 21.2. The Hall–Kier alpha value is -5.12. The fraction of sp³-hybridized carbons (Fsp3) is 0.219. The molecule has 226 valence electrons. The molecule has 4 rings (SSSR count). The van der Waals surface area contributed by atoms with Gasteiger partial charge in [-0.05, 0) is 62.4 Å². The standard InChI is InChI=1S/C32H32N6O5S/c1-23-17-29(38(2)36-23)32(41)35-27-10-7-9-24(19-27)13-14-25-18-26(21-34-20-25)31(40)37-44(42,28-11-5-4-6-12-28)16-8-15-33-22-30(39)43-3/h4-7,9-12,17-21,33H,8,15-16,22H2,1-3H3,(H,35,41)/t44-/m0/s1. The Balaban J connectivity index is 1.50. The number of carbonyl (C=O) groups excluding carboxylic acids is 3. The minimum absolute atomic E-state index is 0.0303. The average Bonchev–Trinajstić information content (AvgIpc) is 3.38. The van der Waals surface area contributed by atoms with Crippen LogP contribution in [0.25, 0.3) is 0 Å². The molecule has 1 atom stereocenters. The van der Waals surface area contributed by atoms with Gasteiger partial charge in [0.2, 0.25) is 0 Å². The number of hydrogen-bond donors (Lipinski definition) is 2. The normalized spacial score (nSPS) is 11.9. The molecule has 44 heavy (non-hydrogen) atoms. The van der Waals surface area contributed by atoms with Crippen LogP contribution in [0.1, 0.15) is 44.1 Å². The first-order valence-corrected chi connectivity index (χ1v) is 15.4. The van der Waals surface area contributed by atoms with Crippen LogP contribution < -0.4 is 10.6 Å². The maximum atomic E-state index is 13.9. The van der Waals surface area contributed by atoms with E-state index in [2.05, 4.69) is 41.7 Å². The van der Waals surface area contributed by atoms with Gasteiger partial charge in [0, 0.05) is 46.9 Å². The van der Waals surface area contributed by atoms with Gasteiger partial charge in [-0.3, -0.25) is 24.0 Å². The number of nitrogens with zero attached hydrogens (tertiary/aromatic N) is 4. The van der Waals surface area contributed by atoms with Crippen LogP contribution in [0.5, 0.6) is 0 Å². The van der Waals surface area contributed by atoms with E-state index in [9.17, 15) is 18.6 Å². The molecule has 11 nitrogen and oxygen atoms in total. The summed E-state index contributed by atoms with van der Waals surface area (Å²) < 4.78 is 24.2. The van der Waals surface area contributed by atoms with E-state index in [1.54, 1.807) is 73.8 Å². The number of ether oxygens (including phenoxy) is 1. The van der Waals surface area contributed by atoms with Gasteiger partial charge in [-0.1, -0.05) is 36.1 Å². The molecule has 2 aromatic carbocycles. The maximum Gasteiger partial charge on any atom is 0.319 e. The number of methoxy groups -OCH3 is 1. The summed E-state index contributed by atoms with van der Waals surface area (Å²) in [6, 6.07) is 18.9. The molecule has 4 aromatic rings. The van der Waals surface area contributed by atoms with Crippen LogP contribution in [0, 0.1) is 18.8 Å². The highest BCUT2D eigenvalue weighted by atomic mass is 32.2. The summed E-state index contributed by atoms with van der Waals surface area (Å²) in [4.78, 5) is 41.8. The molecular weight excluding hydrogens is 580 g/mol. The van der Waals surface area contributed by atoms with Crippen LogP contribution >= 0.6 is 0 Å². The van der Waals surface area contributed by atoms with Crippen LogP contribution in [0.3, 0.4) is 0 Å². The minimum Gasteiger partial charge on any atom is -0.468 e. The zero-order chi connectivity index (χ0) is 31.5. The number of benzene rings is 2. The first-order valence-electron chi connectivity index (χ1n) is 13.7. The Morgan fingerprint density at radius 3 is 2.50 bits per heavy atom. The van der Waals surface area contributed by atoms with Crippen molar-refractivity contribution in [3.8, 4) is 11.8 Å². The summed E-state index contributed by atoms with van der Waals surface area (Å²) in [7, 11) is -0.102. The van der Waals surface area contributed by atoms with Gasteiger partial charge in [0.25, 0.3) is 11.8 Å². The van der Waals surface area contributed by atoms with E-state index >= 15 is 0 Å². The minimum atomic E-state index is -3.11.